The summed E-state index contributed by atoms with van der Waals surface area (Å²) in [5, 5.41) is 24.2. The van der Waals surface area contributed by atoms with Crippen molar-refractivity contribution in [2.75, 3.05) is 10.6 Å². The highest BCUT2D eigenvalue weighted by Gasteiger charge is 2.18. The van der Waals surface area contributed by atoms with E-state index in [0.29, 0.717) is 22.5 Å². The lowest BCUT2D eigenvalue weighted by molar-refractivity contribution is 0.0683. The van der Waals surface area contributed by atoms with E-state index in [1.807, 2.05) is 0 Å². The number of carbonyl (C=O) groups is 4. The van der Waals surface area contributed by atoms with Crippen LogP contribution in [-0.2, 0) is 0 Å². The fourth-order valence-electron chi connectivity index (χ4n) is 3.73. The molecule has 4 aromatic rings. The number of carboxylic acids is 2. The van der Waals surface area contributed by atoms with Crippen LogP contribution in [0.5, 0.6) is 0 Å². The van der Waals surface area contributed by atoms with E-state index >= 15 is 0 Å². The molecule has 0 aromatic heterocycles. The third-order valence-electron chi connectivity index (χ3n) is 5.41. The maximum absolute atomic E-state index is 12.9. The van der Waals surface area contributed by atoms with Crippen molar-refractivity contribution in [2.24, 2.45) is 0 Å². The minimum absolute atomic E-state index is 0.0258. The van der Waals surface area contributed by atoms with Gasteiger partial charge in [0.2, 0.25) is 0 Å². The standard InChI is InChI=1S/C28H20N2O6/c31-25(20-11-1-3-13-22(20)27(33)34)29-18-9-7-8-17(16-18)19-10-5-6-15-24(19)30-26(32)21-12-2-4-14-23(21)28(35)36/h1-16H,(H,29,31)(H,30,32)(H,33,34)(H,35,36). The number of rotatable bonds is 7. The first-order valence-electron chi connectivity index (χ1n) is 10.8. The van der Waals surface area contributed by atoms with Crippen molar-refractivity contribution in [1.82, 2.24) is 0 Å². The van der Waals surface area contributed by atoms with Crippen molar-refractivity contribution in [3.63, 3.8) is 0 Å². The second kappa shape index (κ2) is 10.4. The molecule has 0 saturated heterocycles. The number of benzene rings is 4. The summed E-state index contributed by atoms with van der Waals surface area (Å²) in [5.41, 5.74) is 2.01. The minimum atomic E-state index is -1.21. The van der Waals surface area contributed by atoms with Crippen molar-refractivity contribution in [3.05, 3.63) is 119 Å². The molecule has 4 N–H and O–H groups in total. The summed E-state index contributed by atoms with van der Waals surface area (Å²) in [4.78, 5) is 48.6. The minimum Gasteiger partial charge on any atom is -0.478 e. The number of hydrogen-bond acceptors (Lipinski definition) is 4. The van der Waals surface area contributed by atoms with E-state index in [-0.39, 0.29) is 22.3 Å². The predicted molar refractivity (Wildman–Crippen MR) is 135 cm³/mol. The second-order valence-corrected chi connectivity index (χ2v) is 7.74. The van der Waals surface area contributed by atoms with Crippen LogP contribution in [0.4, 0.5) is 11.4 Å². The zero-order chi connectivity index (χ0) is 25.7. The zero-order valence-corrected chi connectivity index (χ0v) is 18.8. The van der Waals surface area contributed by atoms with Crippen LogP contribution < -0.4 is 10.6 Å². The molecule has 0 aliphatic heterocycles. The SMILES string of the molecule is O=C(O)c1ccccc1C(=O)Nc1cccc(-c2ccccc2NC(=O)c2ccccc2C(=O)O)c1. The molecule has 2 amide bonds. The van der Waals surface area contributed by atoms with Gasteiger partial charge in [-0.25, -0.2) is 9.59 Å². The van der Waals surface area contributed by atoms with Gasteiger partial charge >= 0.3 is 11.9 Å². The maximum atomic E-state index is 12.9. The van der Waals surface area contributed by atoms with E-state index in [4.69, 9.17) is 0 Å². The van der Waals surface area contributed by atoms with Gasteiger partial charge in [0, 0.05) is 16.9 Å². The number of aromatic carboxylic acids is 2. The van der Waals surface area contributed by atoms with Crippen LogP contribution >= 0.6 is 0 Å². The quantitative estimate of drug-likeness (QED) is 0.285. The van der Waals surface area contributed by atoms with E-state index in [2.05, 4.69) is 10.6 Å². The van der Waals surface area contributed by atoms with E-state index in [1.54, 1.807) is 72.8 Å². The Morgan fingerprint density at radius 1 is 0.528 bits per heavy atom. The van der Waals surface area contributed by atoms with E-state index in [9.17, 15) is 29.4 Å². The molecular formula is C28H20N2O6. The lowest BCUT2D eigenvalue weighted by Crippen LogP contribution is -2.17. The Morgan fingerprint density at radius 2 is 1.03 bits per heavy atom. The summed E-state index contributed by atoms with van der Waals surface area (Å²) in [6.07, 6.45) is 0. The monoisotopic (exact) mass is 480 g/mol. The van der Waals surface area contributed by atoms with Crippen LogP contribution in [0.1, 0.15) is 41.4 Å². The van der Waals surface area contributed by atoms with Gasteiger partial charge in [-0.15, -0.1) is 0 Å². The van der Waals surface area contributed by atoms with Crippen LogP contribution in [-0.4, -0.2) is 34.0 Å². The third-order valence-corrected chi connectivity index (χ3v) is 5.41. The Labute approximate surface area is 205 Å². The van der Waals surface area contributed by atoms with Gasteiger partial charge < -0.3 is 20.8 Å². The predicted octanol–water partition coefficient (Wildman–Crippen LogP) is 5.25. The molecule has 0 unspecified atom stereocenters. The van der Waals surface area contributed by atoms with Crippen molar-refractivity contribution >= 4 is 35.1 Å². The lowest BCUT2D eigenvalue weighted by Gasteiger charge is -2.14. The van der Waals surface area contributed by atoms with Crippen LogP contribution in [0.15, 0.2) is 97.1 Å². The molecule has 8 nitrogen and oxygen atoms in total. The molecule has 178 valence electrons. The van der Waals surface area contributed by atoms with Gasteiger partial charge in [0.15, 0.2) is 0 Å². The highest BCUT2D eigenvalue weighted by atomic mass is 16.4. The first kappa shape index (κ1) is 23.9. The summed E-state index contributed by atoms with van der Waals surface area (Å²) in [5.74, 6) is -3.56. The molecular weight excluding hydrogens is 460 g/mol. The zero-order valence-electron chi connectivity index (χ0n) is 18.8. The number of amides is 2. The van der Waals surface area contributed by atoms with Crippen molar-refractivity contribution in [2.45, 2.75) is 0 Å². The number of carbonyl (C=O) groups excluding carboxylic acids is 2. The fraction of sp³-hybridized carbons (Fsp3) is 0. The number of carboxylic acid groups (broad SMARTS) is 2. The molecule has 0 bridgehead atoms. The van der Waals surface area contributed by atoms with Gasteiger partial charge in [0.05, 0.1) is 22.3 Å². The van der Waals surface area contributed by atoms with Gasteiger partial charge in [-0.3, -0.25) is 9.59 Å². The van der Waals surface area contributed by atoms with Crippen molar-refractivity contribution < 1.29 is 29.4 Å². The van der Waals surface area contributed by atoms with Crippen molar-refractivity contribution in [1.29, 1.82) is 0 Å². The Bertz CT molecular complexity index is 1490. The molecule has 0 saturated carbocycles. The summed E-state index contributed by atoms with van der Waals surface area (Å²) in [7, 11) is 0. The number of nitrogens with one attached hydrogen (secondary N) is 2. The lowest BCUT2D eigenvalue weighted by atomic mass is 10.0. The molecule has 0 atom stereocenters. The van der Waals surface area contributed by atoms with E-state index < -0.39 is 23.8 Å². The Hall–Kier alpha value is -5.24. The van der Waals surface area contributed by atoms with Crippen LogP contribution in [0, 0.1) is 0 Å². The van der Waals surface area contributed by atoms with Gasteiger partial charge in [-0.2, -0.15) is 0 Å². The molecule has 36 heavy (non-hydrogen) atoms. The molecule has 4 rings (SSSR count). The number of para-hydroxylation sites is 1. The highest BCUT2D eigenvalue weighted by Crippen LogP contribution is 2.30. The van der Waals surface area contributed by atoms with Crippen molar-refractivity contribution in [3.8, 4) is 11.1 Å². The molecule has 0 fully saturated rings. The molecule has 0 aliphatic rings. The first-order chi connectivity index (χ1) is 17.3. The second-order valence-electron chi connectivity index (χ2n) is 7.74. The number of anilines is 2. The van der Waals surface area contributed by atoms with Crippen LogP contribution in [0.25, 0.3) is 11.1 Å². The topological polar surface area (TPSA) is 133 Å². The van der Waals surface area contributed by atoms with Gasteiger partial charge in [0.25, 0.3) is 11.8 Å². The largest absolute Gasteiger partial charge is 0.478 e. The van der Waals surface area contributed by atoms with Crippen LogP contribution in [0.2, 0.25) is 0 Å². The summed E-state index contributed by atoms with van der Waals surface area (Å²) < 4.78 is 0. The molecule has 8 heteroatoms. The molecule has 0 radical (unpaired) electrons. The van der Waals surface area contributed by atoms with E-state index in [0.717, 1.165) is 0 Å². The molecule has 0 spiro atoms. The highest BCUT2D eigenvalue weighted by molar-refractivity contribution is 6.12. The fourth-order valence-corrected chi connectivity index (χ4v) is 3.73. The molecule has 0 heterocycles. The normalized spacial score (nSPS) is 10.3. The smallest absolute Gasteiger partial charge is 0.336 e. The Kier molecular flexibility index (Phi) is 6.87. The molecule has 4 aromatic carbocycles. The summed E-state index contributed by atoms with van der Waals surface area (Å²) >= 11 is 0. The average molecular weight is 480 g/mol. The van der Waals surface area contributed by atoms with Gasteiger partial charge in [0.1, 0.15) is 0 Å². The molecule has 0 aliphatic carbocycles. The Balaban J connectivity index is 1.61. The summed E-state index contributed by atoms with van der Waals surface area (Å²) in [6.45, 7) is 0. The van der Waals surface area contributed by atoms with Gasteiger partial charge in [-0.1, -0.05) is 54.6 Å². The summed E-state index contributed by atoms with van der Waals surface area (Å²) in [6, 6.07) is 25.7. The van der Waals surface area contributed by atoms with E-state index in [1.165, 1.54) is 24.3 Å². The van der Waals surface area contributed by atoms with Gasteiger partial charge in [-0.05, 0) is 48.0 Å². The average Bonchev–Trinajstić information content (AvgIpc) is 2.89. The third kappa shape index (κ3) is 5.13. The first-order valence-corrected chi connectivity index (χ1v) is 10.8. The Morgan fingerprint density at radius 3 is 1.61 bits per heavy atom. The number of hydrogen-bond donors (Lipinski definition) is 4. The van der Waals surface area contributed by atoms with Crippen LogP contribution in [0.3, 0.4) is 0 Å². The maximum Gasteiger partial charge on any atom is 0.336 e.